The first-order valence-corrected chi connectivity index (χ1v) is 16.3. The van der Waals surface area contributed by atoms with Gasteiger partial charge in [0.1, 0.15) is 17.0 Å². The molecule has 0 aliphatic heterocycles. The van der Waals surface area contributed by atoms with E-state index in [1.807, 2.05) is 60.9 Å². The van der Waals surface area contributed by atoms with Crippen molar-refractivity contribution in [2.75, 3.05) is 0 Å². The molecule has 10 heteroatoms. The van der Waals surface area contributed by atoms with E-state index in [0.29, 0.717) is 25.2 Å². The molecular weight excluding hydrogens is 602 g/mol. The standard InChI is InChI=1S/C38H43N7O3/c1-37(2,3)48-36(47)42-38(4,5)35(46)41-32(21-26-23-39-30-17-11-9-15-28(26)30)34-44-43-33(45(34)20-19-25-13-7-6-8-14-25)22-27-24-40-31-18-12-10-16-29(27)31/h6-18,23-24,32,39-40H,19-22H2,1-5H3,(H,41,46)(H,42,47)/t32-/m1/s1. The summed E-state index contributed by atoms with van der Waals surface area (Å²) in [6.45, 7) is 9.30. The van der Waals surface area contributed by atoms with Crippen LogP contribution in [-0.2, 0) is 35.3 Å². The van der Waals surface area contributed by atoms with Gasteiger partial charge in [-0.25, -0.2) is 4.79 Å². The molecule has 48 heavy (non-hydrogen) atoms. The smallest absolute Gasteiger partial charge is 0.408 e. The molecule has 0 saturated heterocycles. The number of nitrogens with one attached hydrogen (secondary N) is 4. The molecule has 6 aromatic rings. The number of aromatic amines is 2. The van der Waals surface area contributed by atoms with Crippen LogP contribution in [0.2, 0.25) is 0 Å². The Kier molecular flexibility index (Phi) is 9.08. The highest BCUT2D eigenvalue weighted by molar-refractivity contribution is 5.89. The van der Waals surface area contributed by atoms with E-state index in [9.17, 15) is 9.59 Å². The van der Waals surface area contributed by atoms with Crippen LogP contribution in [0.5, 0.6) is 0 Å². The molecule has 0 aliphatic rings. The lowest BCUT2D eigenvalue weighted by molar-refractivity contribution is -0.127. The van der Waals surface area contributed by atoms with Gasteiger partial charge in [0.2, 0.25) is 5.91 Å². The normalized spacial score (nSPS) is 12.7. The average molecular weight is 646 g/mol. The predicted molar refractivity (Wildman–Crippen MR) is 188 cm³/mol. The van der Waals surface area contributed by atoms with Crippen molar-refractivity contribution >= 4 is 33.8 Å². The molecule has 3 aromatic heterocycles. The van der Waals surface area contributed by atoms with Gasteiger partial charge in [-0.05, 0) is 69.9 Å². The van der Waals surface area contributed by atoms with Crippen molar-refractivity contribution in [1.82, 2.24) is 35.4 Å². The minimum absolute atomic E-state index is 0.367. The lowest BCUT2D eigenvalue weighted by Crippen LogP contribution is -2.56. The summed E-state index contributed by atoms with van der Waals surface area (Å²) < 4.78 is 7.60. The summed E-state index contributed by atoms with van der Waals surface area (Å²) in [7, 11) is 0. The third-order valence-electron chi connectivity index (χ3n) is 8.44. The van der Waals surface area contributed by atoms with Crippen LogP contribution in [-0.4, -0.2) is 47.9 Å². The fourth-order valence-corrected chi connectivity index (χ4v) is 6.00. The van der Waals surface area contributed by atoms with Crippen LogP contribution in [0, 0.1) is 0 Å². The number of carbonyl (C=O) groups excluding carboxylic acids is 2. The van der Waals surface area contributed by atoms with E-state index in [-0.39, 0.29) is 5.91 Å². The van der Waals surface area contributed by atoms with Crippen molar-refractivity contribution in [3.63, 3.8) is 0 Å². The van der Waals surface area contributed by atoms with Crippen molar-refractivity contribution in [2.45, 2.75) is 77.6 Å². The topological polar surface area (TPSA) is 130 Å². The molecule has 3 aromatic carbocycles. The van der Waals surface area contributed by atoms with Gasteiger partial charge < -0.3 is 29.9 Å². The molecule has 248 valence electrons. The van der Waals surface area contributed by atoms with Crippen LogP contribution in [0.3, 0.4) is 0 Å². The van der Waals surface area contributed by atoms with Crippen LogP contribution < -0.4 is 10.6 Å². The number of nitrogens with zero attached hydrogens (tertiary/aromatic N) is 3. The number of hydrogen-bond donors (Lipinski definition) is 4. The van der Waals surface area contributed by atoms with Gasteiger partial charge in [0.15, 0.2) is 5.82 Å². The molecule has 0 aliphatic carbocycles. The van der Waals surface area contributed by atoms with Gasteiger partial charge in [0, 0.05) is 53.6 Å². The second kappa shape index (κ2) is 13.4. The second-order valence-corrected chi connectivity index (χ2v) is 13.7. The number of rotatable bonds is 11. The number of aryl methyl sites for hydroxylation is 1. The molecule has 3 heterocycles. The highest BCUT2D eigenvalue weighted by atomic mass is 16.6. The Morgan fingerprint density at radius 2 is 1.42 bits per heavy atom. The lowest BCUT2D eigenvalue weighted by atomic mass is 10.0. The molecule has 6 rings (SSSR count). The van der Waals surface area contributed by atoms with Gasteiger partial charge in [-0.15, -0.1) is 10.2 Å². The Bertz CT molecular complexity index is 2030. The maximum Gasteiger partial charge on any atom is 0.408 e. The molecule has 4 N–H and O–H groups in total. The van der Waals surface area contributed by atoms with Crippen molar-refractivity contribution in [1.29, 1.82) is 0 Å². The summed E-state index contributed by atoms with van der Waals surface area (Å²) in [5, 5.41) is 17.7. The van der Waals surface area contributed by atoms with Crippen molar-refractivity contribution in [2.24, 2.45) is 0 Å². The van der Waals surface area contributed by atoms with Crippen molar-refractivity contribution in [3.8, 4) is 0 Å². The highest BCUT2D eigenvalue weighted by Gasteiger charge is 2.35. The number of amides is 2. The first kappa shape index (κ1) is 32.6. The number of carbonyl (C=O) groups is 2. The van der Waals surface area contributed by atoms with Crippen LogP contribution in [0.25, 0.3) is 21.8 Å². The minimum Gasteiger partial charge on any atom is -0.444 e. The maximum atomic E-state index is 14.0. The third kappa shape index (κ3) is 7.43. The molecule has 0 saturated carbocycles. The molecular formula is C38H43N7O3. The van der Waals surface area contributed by atoms with Crippen LogP contribution in [0.15, 0.2) is 91.3 Å². The first-order chi connectivity index (χ1) is 23.0. The Hall–Kier alpha value is -5.38. The molecule has 10 nitrogen and oxygen atoms in total. The van der Waals surface area contributed by atoms with Gasteiger partial charge in [-0.1, -0.05) is 66.7 Å². The monoisotopic (exact) mass is 645 g/mol. The van der Waals surface area contributed by atoms with Crippen molar-refractivity contribution in [3.05, 3.63) is 120 Å². The maximum absolute atomic E-state index is 14.0. The number of H-pyrrole nitrogens is 2. The van der Waals surface area contributed by atoms with Gasteiger partial charge in [0.25, 0.3) is 0 Å². The van der Waals surface area contributed by atoms with E-state index >= 15 is 0 Å². The van der Waals surface area contributed by atoms with Gasteiger partial charge in [-0.2, -0.15) is 0 Å². The van der Waals surface area contributed by atoms with Gasteiger partial charge in [-0.3, -0.25) is 4.79 Å². The molecule has 0 bridgehead atoms. The molecule has 2 amide bonds. The summed E-state index contributed by atoms with van der Waals surface area (Å²) >= 11 is 0. The number of fused-ring (bicyclic) bond motifs is 2. The zero-order valence-electron chi connectivity index (χ0n) is 28.1. The van der Waals surface area contributed by atoms with Gasteiger partial charge in [0.05, 0.1) is 6.04 Å². The Labute approximate surface area is 280 Å². The Balaban J connectivity index is 1.37. The van der Waals surface area contributed by atoms with E-state index in [0.717, 1.165) is 45.2 Å². The first-order valence-electron chi connectivity index (χ1n) is 16.3. The number of ether oxygens (including phenoxy) is 1. The summed E-state index contributed by atoms with van der Waals surface area (Å²) in [5.74, 6) is 1.08. The number of benzene rings is 3. The van der Waals surface area contributed by atoms with Crippen LogP contribution in [0.1, 0.15) is 69.0 Å². The number of hydrogen-bond acceptors (Lipinski definition) is 5. The quantitative estimate of drug-likeness (QED) is 0.124. The highest BCUT2D eigenvalue weighted by Crippen LogP contribution is 2.27. The second-order valence-electron chi connectivity index (χ2n) is 13.7. The van der Waals surface area contributed by atoms with E-state index in [2.05, 4.69) is 55.5 Å². The van der Waals surface area contributed by atoms with E-state index in [1.165, 1.54) is 5.56 Å². The summed E-state index contributed by atoms with van der Waals surface area (Å²) in [5.41, 5.74) is 3.43. The number of para-hydroxylation sites is 2. The SMILES string of the molecule is CC(C)(C)OC(=O)NC(C)(C)C(=O)N[C@H](Cc1c[nH]c2ccccc12)c1nnc(Cc2c[nH]c3ccccc23)n1CCc1ccccc1. The molecule has 0 spiro atoms. The van der Waals surface area contributed by atoms with Crippen molar-refractivity contribution < 1.29 is 14.3 Å². The predicted octanol–water partition coefficient (Wildman–Crippen LogP) is 6.78. The number of aromatic nitrogens is 5. The Morgan fingerprint density at radius 1 is 0.812 bits per heavy atom. The fourth-order valence-electron chi connectivity index (χ4n) is 6.00. The lowest BCUT2D eigenvalue weighted by Gasteiger charge is -2.29. The van der Waals surface area contributed by atoms with E-state index < -0.39 is 23.3 Å². The number of alkyl carbamates (subject to hydrolysis) is 1. The average Bonchev–Trinajstić information content (AvgIpc) is 3.76. The van der Waals surface area contributed by atoms with Crippen LogP contribution >= 0.6 is 0 Å². The summed E-state index contributed by atoms with van der Waals surface area (Å²) in [6.07, 6.45) is 5.11. The largest absolute Gasteiger partial charge is 0.444 e. The summed E-state index contributed by atoms with van der Waals surface area (Å²) in [4.78, 5) is 33.4. The van der Waals surface area contributed by atoms with E-state index in [1.54, 1.807) is 34.6 Å². The minimum atomic E-state index is -1.28. The van der Waals surface area contributed by atoms with E-state index in [4.69, 9.17) is 14.9 Å². The Morgan fingerprint density at radius 3 is 2.08 bits per heavy atom. The van der Waals surface area contributed by atoms with Crippen LogP contribution in [0.4, 0.5) is 4.79 Å². The molecule has 0 radical (unpaired) electrons. The zero-order valence-corrected chi connectivity index (χ0v) is 28.1. The molecule has 1 atom stereocenters. The third-order valence-corrected chi connectivity index (χ3v) is 8.44. The fraction of sp³-hybridized carbons (Fsp3) is 0.316. The van der Waals surface area contributed by atoms with Gasteiger partial charge >= 0.3 is 6.09 Å². The zero-order chi connectivity index (χ0) is 33.9. The molecule has 0 unspecified atom stereocenters. The molecule has 0 fully saturated rings. The summed E-state index contributed by atoms with van der Waals surface area (Å²) in [6, 6.07) is 26.0.